The lowest BCUT2D eigenvalue weighted by molar-refractivity contribution is -0.128. The van der Waals surface area contributed by atoms with E-state index >= 15 is 0 Å². The Kier molecular flexibility index (Phi) is 7.64. The number of hydrogen-bond donors (Lipinski definition) is 2. The van der Waals surface area contributed by atoms with Gasteiger partial charge in [-0.25, -0.2) is 4.40 Å². The zero-order valence-electron chi connectivity index (χ0n) is 19.4. The van der Waals surface area contributed by atoms with Gasteiger partial charge in [0.25, 0.3) is 5.78 Å². The lowest BCUT2D eigenvalue weighted by Gasteiger charge is -2.23. The van der Waals surface area contributed by atoms with Gasteiger partial charge in [-0.15, -0.1) is 10.2 Å². The summed E-state index contributed by atoms with van der Waals surface area (Å²) in [4.78, 5) is 26.1. The van der Waals surface area contributed by atoms with Crippen molar-refractivity contribution in [2.24, 2.45) is 0 Å². The standard InChI is InChI=1S/C22H28N10OS/c1-3-24-19-26-20(25-4-2)32-21(27-19)28-29-22(32)34-15-18(33)31-11-5-10-30(12-13-31)17-8-6-16(14-23)7-9-17/h6-9H,3-5,10-13,15H2,1-2H3,(H2,24,25,26,27,28). The Bertz CT molecular complexity index is 1170. The molecule has 1 saturated heterocycles. The van der Waals surface area contributed by atoms with Crippen LogP contribution in [0.4, 0.5) is 17.6 Å². The minimum absolute atomic E-state index is 0.0682. The van der Waals surface area contributed by atoms with E-state index in [0.29, 0.717) is 54.6 Å². The number of anilines is 3. The molecule has 1 aromatic carbocycles. The molecule has 1 aliphatic heterocycles. The van der Waals surface area contributed by atoms with E-state index in [4.69, 9.17) is 5.26 Å². The van der Waals surface area contributed by atoms with Crippen LogP contribution in [-0.4, -0.2) is 80.4 Å². The third kappa shape index (κ3) is 5.31. The van der Waals surface area contributed by atoms with Crippen LogP contribution < -0.4 is 15.5 Å². The van der Waals surface area contributed by atoms with Crippen molar-refractivity contribution in [2.45, 2.75) is 25.4 Å². The Morgan fingerprint density at radius 3 is 2.59 bits per heavy atom. The summed E-state index contributed by atoms with van der Waals surface area (Å²) >= 11 is 1.34. The Morgan fingerprint density at radius 2 is 1.85 bits per heavy atom. The first-order chi connectivity index (χ1) is 16.6. The highest BCUT2D eigenvalue weighted by Crippen LogP contribution is 2.22. The maximum atomic E-state index is 13.0. The number of fused-ring (bicyclic) bond motifs is 1. The zero-order chi connectivity index (χ0) is 23.9. The fourth-order valence-corrected chi connectivity index (χ4v) is 4.62. The molecule has 0 unspecified atom stereocenters. The van der Waals surface area contributed by atoms with E-state index in [1.165, 1.54) is 11.8 Å². The number of aromatic nitrogens is 5. The van der Waals surface area contributed by atoms with Crippen molar-refractivity contribution >= 4 is 41.0 Å². The van der Waals surface area contributed by atoms with Crippen molar-refractivity contribution in [2.75, 3.05) is 60.6 Å². The molecule has 2 N–H and O–H groups in total. The fourth-order valence-electron chi connectivity index (χ4n) is 3.79. The SMILES string of the molecule is CCNc1nc(NCC)n2c(SCC(=O)N3CCCN(c4ccc(C#N)cc4)CC3)nnc2n1. The summed E-state index contributed by atoms with van der Waals surface area (Å²) in [6.07, 6.45) is 0.885. The summed E-state index contributed by atoms with van der Waals surface area (Å²) in [6.45, 7) is 8.33. The highest BCUT2D eigenvalue weighted by atomic mass is 32.2. The zero-order valence-corrected chi connectivity index (χ0v) is 20.2. The van der Waals surface area contributed by atoms with Crippen LogP contribution in [0.5, 0.6) is 0 Å². The monoisotopic (exact) mass is 480 g/mol. The van der Waals surface area contributed by atoms with Crippen molar-refractivity contribution in [1.29, 1.82) is 5.26 Å². The first-order valence-electron chi connectivity index (χ1n) is 11.4. The van der Waals surface area contributed by atoms with Gasteiger partial charge in [-0.05, 0) is 44.5 Å². The van der Waals surface area contributed by atoms with Crippen molar-refractivity contribution in [3.8, 4) is 6.07 Å². The number of hydrogen-bond acceptors (Lipinski definition) is 10. The van der Waals surface area contributed by atoms with Crippen LogP contribution in [0.15, 0.2) is 29.4 Å². The molecule has 34 heavy (non-hydrogen) atoms. The molecule has 1 amide bonds. The predicted molar refractivity (Wildman–Crippen MR) is 132 cm³/mol. The van der Waals surface area contributed by atoms with Gasteiger partial charge in [0.05, 0.1) is 17.4 Å². The molecular weight excluding hydrogens is 452 g/mol. The molecule has 1 fully saturated rings. The van der Waals surface area contributed by atoms with E-state index in [1.54, 1.807) is 4.40 Å². The van der Waals surface area contributed by atoms with Gasteiger partial charge in [-0.3, -0.25) is 4.79 Å². The van der Waals surface area contributed by atoms with Crippen LogP contribution >= 0.6 is 11.8 Å². The van der Waals surface area contributed by atoms with Gasteiger partial charge in [-0.1, -0.05) is 11.8 Å². The number of nitriles is 1. The van der Waals surface area contributed by atoms with Crippen LogP contribution in [0.1, 0.15) is 25.8 Å². The number of nitrogens with one attached hydrogen (secondary N) is 2. The largest absolute Gasteiger partial charge is 0.370 e. The van der Waals surface area contributed by atoms with Gasteiger partial charge in [0.15, 0.2) is 5.16 Å². The lowest BCUT2D eigenvalue weighted by Crippen LogP contribution is -2.36. The minimum Gasteiger partial charge on any atom is -0.370 e. The van der Waals surface area contributed by atoms with Crippen molar-refractivity contribution in [3.05, 3.63) is 29.8 Å². The molecule has 1 aliphatic rings. The van der Waals surface area contributed by atoms with Crippen LogP contribution in [0, 0.1) is 11.3 Å². The van der Waals surface area contributed by atoms with Gasteiger partial charge in [0, 0.05) is 45.0 Å². The molecule has 4 rings (SSSR count). The van der Waals surface area contributed by atoms with Gasteiger partial charge >= 0.3 is 0 Å². The highest BCUT2D eigenvalue weighted by Gasteiger charge is 2.21. The van der Waals surface area contributed by atoms with Crippen molar-refractivity contribution < 1.29 is 4.79 Å². The second kappa shape index (κ2) is 11.0. The van der Waals surface area contributed by atoms with Gasteiger partial charge < -0.3 is 20.4 Å². The molecular formula is C22H28N10OS. The maximum Gasteiger partial charge on any atom is 0.261 e. The first kappa shape index (κ1) is 23.6. The molecule has 3 aromatic rings. The van der Waals surface area contributed by atoms with Crippen LogP contribution in [0.25, 0.3) is 5.78 Å². The molecule has 12 heteroatoms. The second-order valence-corrected chi connectivity index (χ2v) is 8.66. The number of thioether (sulfide) groups is 1. The topological polar surface area (TPSA) is 127 Å². The third-order valence-corrected chi connectivity index (χ3v) is 6.36. The van der Waals surface area contributed by atoms with Crippen LogP contribution in [0.2, 0.25) is 0 Å². The molecule has 0 atom stereocenters. The van der Waals surface area contributed by atoms with Gasteiger partial charge in [0.2, 0.25) is 17.8 Å². The van der Waals surface area contributed by atoms with Gasteiger partial charge in [0.1, 0.15) is 0 Å². The predicted octanol–water partition coefficient (Wildman–Crippen LogP) is 2.09. The maximum absolute atomic E-state index is 13.0. The smallest absolute Gasteiger partial charge is 0.261 e. The summed E-state index contributed by atoms with van der Waals surface area (Å²) < 4.78 is 1.75. The molecule has 2 aromatic heterocycles. The molecule has 0 saturated carbocycles. The Labute approximate surface area is 202 Å². The van der Waals surface area contributed by atoms with Crippen molar-refractivity contribution in [3.63, 3.8) is 0 Å². The summed E-state index contributed by atoms with van der Waals surface area (Å²) in [5.74, 6) is 1.85. The van der Waals surface area contributed by atoms with E-state index in [9.17, 15) is 4.79 Å². The van der Waals surface area contributed by atoms with Gasteiger partial charge in [-0.2, -0.15) is 15.2 Å². The van der Waals surface area contributed by atoms with Crippen LogP contribution in [0.3, 0.4) is 0 Å². The van der Waals surface area contributed by atoms with Crippen molar-refractivity contribution in [1.82, 2.24) is 29.5 Å². The number of amides is 1. The summed E-state index contributed by atoms with van der Waals surface area (Å²) in [5.41, 5.74) is 1.72. The highest BCUT2D eigenvalue weighted by molar-refractivity contribution is 7.99. The number of nitrogens with zero attached hydrogens (tertiary/aromatic N) is 8. The first-order valence-corrected chi connectivity index (χ1v) is 12.4. The minimum atomic E-state index is 0.0682. The quantitative estimate of drug-likeness (QED) is 0.463. The molecule has 0 spiro atoms. The molecule has 3 heterocycles. The number of carbonyl (C=O) groups is 1. The summed E-state index contributed by atoms with van der Waals surface area (Å²) in [6, 6.07) is 9.74. The average molecular weight is 481 g/mol. The molecule has 178 valence electrons. The number of rotatable bonds is 8. The van der Waals surface area contributed by atoms with E-state index in [1.807, 2.05) is 43.0 Å². The number of benzene rings is 1. The molecule has 0 aliphatic carbocycles. The Morgan fingerprint density at radius 1 is 1.06 bits per heavy atom. The van der Waals surface area contributed by atoms with E-state index in [-0.39, 0.29) is 11.7 Å². The van der Waals surface area contributed by atoms with E-state index in [2.05, 4.69) is 41.8 Å². The fraction of sp³-hybridized carbons (Fsp3) is 0.455. The molecule has 0 bridgehead atoms. The Balaban J connectivity index is 1.40. The number of carbonyl (C=O) groups excluding carboxylic acids is 1. The lowest BCUT2D eigenvalue weighted by atomic mass is 10.2. The van der Waals surface area contributed by atoms with E-state index in [0.717, 1.165) is 25.2 Å². The Hall–Kier alpha value is -3.59. The average Bonchev–Trinajstić information content (AvgIpc) is 3.10. The molecule has 11 nitrogen and oxygen atoms in total. The summed E-state index contributed by atoms with van der Waals surface area (Å²) in [5, 5.41) is 24.3. The normalized spacial score (nSPS) is 14.0. The molecule has 0 radical (unpaired) electrons. The summed E-state index contributed by atoms with van der Waals surface area (Å²) in [7, 11) is 0. The third-order valence-electron chi connectivity index (χ3n) is 5.45. The van der Waals surface area contributed by atoms with Crippen LogP contribution in [-0.2, 0) is 4.79 Å². The van der Waals surface area contributed by atoms with E-state index < -0.39 is 0 Å². The second-order valence-electron chi connectivity index (χ2n) is 7.72.